The summed E-state index contributed by atoms with van der Waals surface area (Å²) in [7, 11) is 4.12. The predicted molar refractivity (Wildman–Crippen MR) is 85.4 cm³/mol. The first-order chi connectivity index (χ1) is 10.3. The van der Waals surface area contributed by atoms with E-state index in [1.165, 1.54) is 32.1 Å². The Balaban J connectivity index is 1.57. The summed E-state index contributed by atoms with van der Waals surface area (Å²) in [6, 6.07) is 2.76. The number of nitrogens with zero attached hydrogens (tertiary/aromatic N) is 3. The topological polar surface area (TPSA) is 42.3 Å². The summed E-state index contributed by atoms with van der Waals surface area (Å²) >= 11 is 0. The van der Waals surface area contributed by atoms with E-state index in [0.29, 0.717) is 6.04 Å². The number of nitrogens with one attached hydrogen (secondary N) is 1. The van der Waals surface area contributed by atoms with E-state index in [0.717, 1.165) is 38.5 Å². The first-order valence-corrected chi connectivity index (χ1v) is 8.23. The molecule has 2 rings (SSSR count). The summed E-state index contributed by atoms with van der Waals surface area (Å²) in [4.78, 5) is 2.13. The van der Waals surface area contributed by atoms with Gasteiger partial charge in [0.1, 0.15) is 0 Å². The number of likely N-dealkylation sites (N-methyl/N-ethyl adjacent to an activating group) is 1. The van der Waals surface area contributed by atoms with E-state index >= 15 is 0 Å². The van der Waals surface area contributed by atoms with Gasteiger partial charge in [-0.15, -0.1) is 0 Å². The maximum Gasteiger partial charge on any atom is 0.0762 e. The number of rotatable bonds is 9. The minimum atomic E-state index is 0.627. The van der Waals surface area contributed by atoms with Gasteiger partial charge in [-0.1, -0.05) is 19.3 Å². The van der Waals surface area contributed by atoms with Crippen molar-refractivity contribution >= 4 is 0 Å². The molecule has 1 fully saturated rings. The van der Waals surface area contributed by atoms with Crippen molar-refractivity contribution in [3.8, 4) is 0 Å². The van der Waals surface area contributed by atoms with Crippen LogP contribution in [0.1, 0.15) is 43.8 Å². The molecule has 1 heterocycles. The third kappa shape index (κ3) is 6.16. The Kier molecular flexibility index (Phi) is 7.19. The van der Waals surface area contributed by atoms with Crippen molar-refractivity contribution in [3.63, 3.8) is 0 Å². The van der Waals surface area contributed by atoms with Crippen LogP contribution < -0.4 is 5.32 Å². The van der Waals surface area contributed by atoms with Crippen LogP contribution in [0.3, 0.4) is 0 Å². The van der Waals surface area contributed by atoms with Crippen molar-refractivity contribution in [1.29, 1.82) is 0 Å². The molecule has 1 aliphatic rings. The minimum absolute atomic E-state index is 0.627. The van der Waals surface area contributed by atoms with Crippen LogP contribution in [0, 0.1) is 0 Å². The highest BCUT2D eigenvalue weighted by atomic mass is 16.5. The van der Waals surface area contributed by atoms with Crippen molar-refractivity contribution in [2.75, 3.05) is 40.4 Å². The number of aromatic nitrogens is 2. The van der Waals surface area contributed by atoms with Crippen LogP contribution in [-0.2, 0) is 11.3 Å². The normalized spacial score (nSPS) is 16.7. The molecule has 0 unspecified atom stereocenters. The Labute approximate surface area is 128 Å². The van der Waals surface area contributed by atoms with Gasteiger partial charge in [0.25, 0.3) is 0 Å². The molecule has 1 aromatic rings. The third-order valence-electron chi connectivity index (χ3n) is 4.02. The quantitative estimate of drug-likeness (QED) is 0.708. The fraction of sp³-hybridized carbons (Fsp3) is 0.812. The molecule has 1 saturated carbocycles. The Bertz CT molecular complexity index is 385. The van der Waals surface area contributed by atoms with Gasteiger partial charge < -0.3 is 15.0 Å². The molecule has 5 nitrogen and oxygen atoms in total. The molecular formula is C16H30N4O. The molecule has 0 radical (unpaired) electrons. The van der Waals surface area contributed by atoms with Gasteiger partial charge in [0.15, 0.2) is 0 Å². The lowest BCUT2D eigenvalue weighted by Crippen LogP contribution is -2.23. The van der Waals surface area contributed by atoms with Gasteiger partial charge in [-0.05, 0) is 33.0 Å². The predicted octanol–water partition coefficient (Wildman–Crippen LogP) is 2.06. The zero-order valence-electron chi connectivity index (χ0n) is 13.6. The standard InChI is InChI=1S/C16H30N4O/c1-19(2)11-13-21-12-9-17-14-15-8-10-20(18-15)16-6-4-3-5-7-16/h8,10,16-17H,3-7,9,11-14H2,1-2H3. The van der Waals surface area contributed by atoms with Crippen LogP contribution in [0.4, 0.5) is 0 Å². The second kappa shape index (κ2) is 9.18. The Hall–Kier alpha value is -0.910. The zero-order chi connectivity index (χ0) is 14.9. The minimum Gasteiger partial charge on any atom is -0.379 e. The van der Waals surface area contributed by atoms with E-state index in [2.05, 4.69) is 41.3 Å². The maximum atomic E-state index is 5.55. The summed E-state index contributed by atoms with van der Waals surface area (Å²) in [5, 5.41) is 8.09. The lowest BCUT2D eigenvalue weighted by atomic mass is 9.96. The Morgan fingerprint density at radius 2 is 2.10 bits per heavy atom. The summed E-state index contributed by atoms with van der Waals surface area (Å²) < 4.78 is 7.72. The van der Waals surface area contributed by atoms with Crippen LogP contribution in [-0.4, -0.2) is 55.1 Å². The van der Waals surface area contributed by atoms with Gasteiger partial charge in [-0.25, -0.2) is 0 Å². The fourth-order valence-electron chi connectivity index (χ4n) is 2.73. The van der Waals surface area contributed by atoms with Crippen LogP contribution in [0.5, 0.6) is 0 Å². The van der Waals surface area contributed by atoms with Crippen LogP contribution in [0.25, 0.3) is 0 Å². The summed E-state index contributed by atoms with van der Waals surface area (Å²) in [6.45, 7) is 4.24. The SMILES string of the molecule is CN(C)CCOCCNCc1ccn(C2CCCCC2)n1. The highest BCUT2D eigenvalue weighted by Crippen LogP contribution is 2.27. The van der Waals surface area contributed by atoms with Crippen LogP contribution in [0.15, 0.2) is 12.3 Å². The Morgan fingerprint density at radius 1 is 1.29 bits per heavy atom. The van der Waals surface area contributed by atoms with Crippen molar-refractivity contribution in [2.24, 2.45) is 0 Å². The largest absolute Gasteiger partial charge is 0.379 e. The number of hydrogen-bond acceptors (Lipinski definition) is 4. The van der Waals surface area contributed by atoms with Gasteiger partial charge >= 0.3 is 0 Å². The highest BCUT2D eigenvalue weighted by Gasteiger charge is 2.15. The summed E-state index contributed by atoms with van der Waals surface area (Å²) in [5.74, 6) is 0. The average molecular weight is 294 g/mol. The van der Waals surface area contributed by atoms with Crippen LogP contribution >= 0.6 is 0 Å². The van der Waals surface area contributed by atoms with Crippen molar-refractivity contribution in [2.45, 2.75) is 44.7 Å². The molecule has 21 heavy (non-hydrogen) atoms. The van der Waals surface area contributed by atoms with E-state index in [-0.39, 0.29) is 0 Å². The van der Waals surface area contributed by atoms with E-state index in [1.807, 2.05) is 0 Å². The molecule has 0 amide bonds. The molecule has 0 spiro atoms. The molecule has 1 aromatic heterocycles. The summed E-state index contributed by atoms with van der Waals surface area (Å²) in [5.41, 5.74) is 1.13. The first kappa shape index (κ1) is 16.5. The third-order valence-corrected chi connectivity index (χ3v) is 4.02. The summed E-state index contributed by atoms with van der Waals surface area (Å²) in [6.07, 6.45) is 8.80. The van der Waals surface area contributed by atoms with E-state index < -0.39 is 0 Å². The average Bonchev–Trinajstić information content (AvgIpc) is 2.96. The molecule has 1 N–H and O–H groups in total. The fourth-order valence-corrected chi connectivity index (χ4v) is 2.73. The van der Waals surface area contributed by atoms with Gasteiger partial charge in [-0.3, -0.25) is 4.68 Å². The van der Waals surface area contributed by atoms with Crippen LogP contribution in [0.2, 0.25) is 0 Å². The van der Waals surface area contributed by atoms with Gasteiger partial charge in [0.05, 0.1) is 24.9 Å². The number of hydrogen-bond donors (Lipinski definition) is 1. The molecule has 0 aliphatic heterocycles. The molecule has 0 bridgehead atoms. The van der Waals surface area contributed by atoms with E-state index in [9.17, 15) is 0 Å². The monoisotopic (exact) mass is 294 g/mol. The van der Waals surface area contributed by atoms with Crippen molar-refractivity contribution in [3.05, 3.63) is 18.0 Å². The lowest BCUT2D eigenvalue weighted by Gasteiger charge is -2.21. The lowest BCUT2D eigenvalue weighted by molar-refractivity contribution is 0.119. The molecule has 0 atom stereocenters. The van der Waals surface area contributed by atoms with Crippen molar-refractivity contribution < 1.29 is 4.74 Å². The number of ether oxygens (including phenoxy) is 1. The maximum absolute atomic E-state index is 5.55. The van der Waals surface area contributed by atoms with E-state index in [1.54, 1.807) is 0 Å². The molecule has 1 aliphatic carbocycles. The highest BCUT2D eigenvalue weighted by molar-refractivity contribution is 4.99. The van der Waals surface area contributed by atoms with Gasteiger partial charge in [0, 0.05) is 25.8 Å². The molecule has 5 heteroatoms. The van der Waals surface area contributed by atoms with Gasteiger partial charge in [-0.2, -0.15) is 5.10 Å². The van der Waals surface area contributed by atoms with Crippen molar-refractivity contribution in [1.82, 2.24) is 20.0 Å². The Morgan fingerprint density at radius 3 is 2.86 bits per heavy atom. The molecule has 0 saturated heterocycles. The van der Waals surface area contributed by atoms with Gasteiger partial charge in [0.2, 0.25) is 0 Å². The molecule has 0 aromatic carbocycles. The smallest absolute Gasteiger partial charge is 0.0762 e. The zero-order valence-corrected chi connectivity index (χ0v) is 13.6. The van der Waals surface area contributed by atoms with E-state index in [4.69, 9.17) is 9.84 Å². The molecule has 120 valence electrons. The first-order valence-electron chi connectivity index (χ1n) is 8.23. The second-order valence-corrected chi connectivity index (χ2v) is 6.17. The molecular weight excluding hydrogens is 264 g/mol. The second-order valence-electron chi connectivity index (χ2n) is 6.17.